The summed E-state index contributed by atoms with van der Waals surface area (Å²) in [5, 5.41) is 0. The maximum absolute atomic E-state index is 13.0. The van der Waals surface area contributed by atoms with Crippen molar-refractivity contribution in [2.45, 2.75) is 322 Å². The summed E-state index contributed by atoms with van der Waals surface area (Å²) in [4.78, 5) is 38.4. The number of carbonyl (C=O) groups is 3. The molecule has 6 nitrogen and oxygen atoms in total. The quantitative estimate of drug-likeness (QED) is 0.0261. The predicted octanol–water partition coefficient (Wildman–Crippen LogP) is 24.1. The van der Waals surface area contributed by atoms with Crippen molar-refractivity contribution in [3.8, 4) is 0 Å². The van der Waals surface area contributed by atoms with Gasteiger partial charge in [-0.25, -0.2) is 0 Å². The maximum atomic E-state index is 13.0. The van der Waals surface area contributed by atoms with Gasteiger partial charge in [-0.2, -0.15) is 0 Å². The number of hydrogen-bond donors (Lipinski definition) is 0. The van der Waals surface area contributed by atoms with Crippen LogP contribution in [-0.4, -0.2) is 37.2 Å². The number of allylic oxidation sites excluding steroid dienone is 22. The van der Waals surface area contributed by atoms with Crippen molar-refractivity contribution in [1.82, 2.24) is 0 Å². The Labute approximate surface area is 513 Å². The van der Waals surface area contributed by atoms with E-state index in [1.165, 1.54) is 141 Å². The number of hydrogen-bond acceptors (Lipinski definition) is 6. The Morgan fingerprint density at radius 3 is 0.747 bits per heavy atom. The second-order valence-electron chi connectivity index (χ2n) is 22.7. The second kappa shape index (κ2) is 70.0. The molecular weight excluding hydrogens is 1020 g/mol. The molecule has 0 saturated heterocycles. The smallest absolute Gasteiger partial charge is 0.306 e. The monoisotopic (exact) mass is 1150 g/mol. The van der Waals surface area contributed by atoms with E-state index in [9.17, 15) is 14.4 Å². The minimum Gasteiger partial charge on any atom is -0.462 e. The zero-order valence-electron chi connectivity index (χ0n) is 54.2. The first kappa shape index (κ1) is 78.5. The number of rotatable bonds is 62. The lowest BCUT2D eigenvalue weighted by Gasteiger charge is -2.18. The molecule has 6 heteroatoms. The normalized spacial score (nSPS) is 13.0. The minimum atomic E-state index is -0.800. The first-order valence-electron chi connectivity index (χ1n) is 34.7. The molecule has 0 heterocycles. The summed E-state index contributed by atoms with van der Waals surface area (Å²) < 4.78 is 16.9. The third-order valence-corrected chi connectivity index (χ3v) is 14.6. The molecule has 0 rings (SSSR count). The van der Waals surface area contributed by atoms with Gasteiger partial charge in [0.25, 0.3) is 0 Å². The highest BCUT2D eigenvalue weighted by Gasteiger charge is 2.19. The van der Waals surface area contributed by atoms with Crippen LogP contribution >= 0.6 is 0 Å². The van der Waals surface area contributed by atoms with Gasteiger partial charge >= 0.3 is 17.9 Å². The van der Waals surface area contributed by atoms with Gasteiger partial charge in [0.05, 0.1) is 0 Å². The molecule has 472 valence electrons. The summed E-state index contributed by atoms with van der Waals surface area (Å²) >= 11 is 0. The third kappa shape index (κ3) is 68.2. The number of ether oxygens (including phenoxy) is 3. The van der Waals surface area contributed by atoms with Gasteiger partial charge in [0.15, 0.2) is 6.10 Å². The summed E-state index contributed by atoms with van der Waals surface area (Å²) in [6, 6.07) is 0. The van der Waals surface area contributed by atoms with Crippen molar-refractivity contribution >= 4 is 17.9 Å². The van der Waals surface area contributed by atoms with E-state index in [2.05, 4.69) is 154 Å². The molecule has 1 atom stereocenters. The van der Waals surface area contributed by atoms with Crippen LogP contribution in [-0.2, 0) is 28.6 Å². The predicted molar refractivity (Wildman–Crippen MR) is 362 cm³/mol. The summed E-state index contributed by atoms with van der Waals surface area (Å²) in [6.45, 7) is 6.39. The largest absolute Gasteiger partial charge is 0.462 e. The zero-order chi connectivity index (χ0) is 59.9. The van der Waals surface area contributed by atoms with E-state index < -0.39 is 6.10 Å². The van der Waals surface area contributed by atoms with Crippen LogP contribution in [0.25, 0.3) is 0 Å². The summed E-state index contributed by atoms with van der Waals surface area (Å²) in [6.07, 6.45) is 99.0. The molecule has 0 N–H and O–H groups in total. The highest BCUT2D eigenvalue weighted by molar-refractivity contribution is 5.71. The lowest BCUT2D eigenvalue weighted by molar-refractivity contribution is -0.167. The van der Waals surface area contributed by atoms with Gasteiger partial charge in [-0.3, -0.25) is 14.4 Å². The molecular formula is C77H128O6. The molecule has 0 fully saturated rings. The molecule has 0 aliphatic heterocycles. The van der Waals surface area contributed by atoms with Crippen molar-refractivity contribution in [2.75, 3.05) is 13.2 Å². The molecule has 0 saturated carbocycles. The van der Waals surface area contributed by atoms with Crippen LogP contribution < -0.4 is 0 Å². The molecule has 0 aromatic carbocycles. The van der Waals surface area contributed by atoms with Crippen molar-refractivity contribution < 1.29 is 28.6 Å². The molecule has 0 spiro atoms. The fourth-order valence-electron chi connectivity index (χ4n) is 9.49. The molecule has 0 aromatic heterocycles. The lowest BCUT2D eigenvalue weighted by atomic mass is 10.0. The van der Waals surface area contributed by atoms with Crippen molar-refractivity contribution in [1.29, 1.82) is 0 Å². The molecule has 0 aliphatic carbocycles. The standard InChI is InChI=1S/C77H128O6/c1-4-7-10-13-16-19-22-25-27-29-31-33-35-37-38-40-41-43-45-47-49-52-55-58-61-64-67-70-76(79)82-73-74(72-81-75(78)69-66-63-60-57-54-51-24-21-18-15-12-9-6-3)83-77(80)71-68-65-62-59-56-53-50-48-46-44-42-39-36-34-32-30-28-26-23-20-17-14-11-8-5-2/h7,9-10,12,16,18-19,21,23,25-27,30-33,37-38,41,43,51,54,74H,4-6,8,11,13-15,17,20,22,24,28-29,34-36,39-40,42,44-50,52-53,55-73H2,1-3H3/b10-7-,12-9-,19-16-,21-18-,26-23-,27-25-,32-30-,33-31-,38-37-,43-41-,54-51-. The van der Waals surface area contributed by atoms with E-state index in [-0.39, 0.29) is 31.1 Å². The Hall–Kier alpha value is -4.45. The van der Waals surface area contributed by atoms with Gasteiger partial charge in [-0.15, -0.1) is 0 Å². The maximum Gasteiger partial charge on any atom is 0.306 e. The van der Waals surface area contributed by atoms with Crippen LogP contribution in [0.5, 0.6) is 0 Å². The second-order valence-corrected chi connectivity index (χ2v) is 22.7. The first-order valence-corrected chi connectivity index (χ1v) is 34.7. The van der Waals surface area contributed by atoms with Gasteiger partial charge in [0.2, 0.25) is 0 Å². The SMILES string of the molecule is CC/C=C\C/C=C\C/C=C\C/C=C\C/C=C\C/C=C\CCCCCCCCCCC(=O)OCC(COC(=O)CCCCC/C=C\C/C=C\C/C=C\CC)OC(=O)CCCCCCCCCCCCCCC/C=C\C/C=C\CCCCCCC. The van der Waals surface area contributed by atoms with Crippen molar-refractivity contribution in [3.63, 3.8) is 0 Å². The molecule has 1 unspecified atom stereocenters. The molecule has 83 heavy (non-hydrogen) atoms. The summed E-state index contributed by atoms with van der Waals surface area (Å²) in [5.74, 6) is -0.926. The molecule has 0 radical (unpaired) electrons. The minimum absolute atomic E-state index is 0.0946. The van der Waals surface area contributed by atoms with E-state index in [1.807, 2.05) is 0 Å². The summed E-state index contributed by atoms with van der Waals surface area (Å²) in [7, 11) is 0. The average Bonchev–Trinajstić information content (AvgIpc) is 3.49. The zero-order valence-corrected chi connectivity index (χ0v) is 54.2. The summed E-state index contributed by atoms with van der Waals surface area (Å²) in [5.41, 5.74) is 0. The van der Waals surface area contributed by atoms with Crippen LogP contribution in [0.2, 0.25) is 0 Å². The number of unbranched alkanes of at least 4 members (excludes halogenated alkanes) is 29. The Kier molecular flexibility index (Phi) is 66.3. The number of carbonyl (C=O) groups excluding carboxylic acids is 3. The van der Waals surface area contributed by atoms with Crippen LogP contribution in [0.4, 0.5) is 0 Å². The Morgan fingerprint density at radius 2 is 0.470 bits per heavy atom. The van der Waals surface area contributed by atoms with E-state index in [0.29, 0.717) is 19.3 Å². The van der Waals surface area contributed by atoms with E-state index in [0.717, 1.165) is 135 Å². The molecule has 0 aliphatic rings. The lowest BCUT2D eigenvalue weighted by Crippen LogP contribution is -2.30. The van der Waals surface area contributed by atoms with Gasteiger partial charge in [-0.1, -0.05) is 296 Å². The van der Waals surface area contributed by atoms with Crippen LogP contribution in [0.1, 0.15) is 316 Å². The van der Waals surface area contributed by atoms with Crippen LogP contribution in [0.3, 0.4) is 0 Å². The fraction of sp³-hybridized carbons (Fsp3) is 0.675. The average molecular weight is 1150 g/mol. The molecule has 0 aromatic rings. The first-order chi connectivity index (χ1) is 41.0. The Balaban J connectivity index is 4.34. The fourth-order valence-corrected chi connectivity index (χ4v) is 9.49. The van der Waals surface area contributed by atoms with Crippen LogP contribution in [0, 0.1) is 0 Å². The van der Waals surface area contributed by atoms with E-state index >= 15 is 0 Å². The number of esters is 3. The van der Waals surface area contributed by atoms with Crippen molar-refractivity contribution in [2.24, 2.45) is 0 Å². The van der Waals surface area contributed by atoms with Gasteiger partial charge in [0, 0.05) is 19.3 Å². The van der Waals surface area contributed by atoms with Gasteiger partial charge < -0.3 is 14.2 Å². The highest BCUT2D eigenvalue weighted by atomic mass is 16.6. The highest BCUT2D eigenvalue weighted by Crippen LogP contribution is 2.16. The van der Waals surface area contributed by atoms with Crippen molar-refractivity contribution in [3.05, 3.63) is 134 Å². The van der Waals surface area contributed by atoms with Crippen LogP contribution in [0.15, 0.2) is 134 Å². The van der Waals surface area contributed by atoms with E-state index in [1.54, 1.807) is 0 Å². The van der Waals surface area contributed by atoms with Gasteiger partial charge in [-0.05, 0) is 135 Å². The molecule has 0 amide bonds. The third-order valence-electron chi connectivity index (χ3n) is 14.6. The molecule has 0 bridgehead atoms. The van der Waals surface area contributed by atoms with E-state index in [4.69, 9.17) is 14.2 Å². The topological polar surface area (TPSA) is 78.9 Å². The van der Waals surface area contributed by atoms with Gasteiger partial charge in [0.1, 0.15) is 13.2 Å². The Morgan fingerprint density at radius 1 is 0.253 bits per heavy atom. The Bertz CT molecular complexity index is 1750.